The van der Waals surface area contributed by atoms with Crippen LogP contribution in [0.25, 0.3) is 0 Å². The molecule has 42 heavy (non-hydrogen) atoms. The molecule has 0 unspecified atom stereocenters. The molecule has 224 valence electrons. The fourth-order valence-electron chi connectivity index (χ4n) is 6.46. The predicted molar refractivity (Wildman–Crippen MR) is 150 cm³/mol. The Morgan fingerprint density at radius 2 is 1.76 bits per heavy atom. The van der Waals surface area contributed by atoms with E-state index in [2.05, 4.69) is 10.6 Å². The zero-order valence-corrected chi connectivity index (χ0v) is 23.6. The van der Waals surface area contributed by atoms with Crippen LogP contribution in [-0.4, -0.2) is 75.0 Å². The van der Waals surface area contributed by atoms with Crippen LogP contribution < -0.4 is 10.6 Å². The van der Waals surface area contributed by atoms with E-state index in [0.717, 1.165) is 49.7 Å². The average Bonchev–Trinajstić information content (AvgIpc) is 3.85. The summed E-state index contributed by atoms with van der Waals surface area (Å²) in [6.07, 6.45) is 8.11. The van der Waals surface area contributed by atoms with Crippen LogP contribution in [0.1, 0.15) is 68.9 Å². The number of amides is 4. The third-order valence-electron chi connectivity index (χ3n) is 9.25. The van der Waals surface area contributed by atoms with Crippen molar-refractivity contribution >= 4 is 29.8 Å². The van der Waals surface area contributed by atoms with Gasteiger partial charge in [0.05, 0.1) is 6.54 Å². The van der Waals surface area contributed by atoms with Gasteiger partial charge in [-0.2, -0.15) is 0 Å². The van der Waals surface area contributed by atoms with Crippen molar-refractivity contribution in [2.24, 2.45) is 11.8 Å². The molecule has 0 radical (unpaired) electrons. The maximum absolute atomic E-state index is 14.0. The van der Waals surface area contributed by atoms with E-state index in [1.165, 1.54) is 4.90 Å². The zero-order valence-electron chi connectivity index (χ0n) is 23.6. The highest BCUT2D eigenvalue weighted by atomic mass is 16.6. The smallest absolute Gasteiger partial charge is 0.410 e. The van der Waals surface area contributed by atoms with Crippen molar-refractivity contribution in [3.8, 4) is 0 Å². The van der Waals surface area contributed by atoms with E-state index in [-0.39, 0.29) is 37.1 Å². The Balaban J connectivity index is 1.22. The molecule has 0 bridgehead atoms. The van der Waals surface area contributed by atoms with E-state index in [1.54, 1.807) is 4.90 Å². The number of fused-ring (bicyclic) bond motifs is 3. The highest BCUT2D eigenvalue weighted by Gasteiger charge is 2.61. The van der Waals surface area contributed by atoms with Crippen LogP contribution in [-0.2, 0) is 37.0 Å². The molecule has 5 aliphatic rings. The standard InChI is InChI=1S/C31H38N4O7/c36-26(19-12-13-19)32-24-11-5-3-1-2-4-10-22-15-31(22,29(39)40)33-27(37)25-14-23(18-35(25)28(24)38)42-30(41)34-16-20-8-6-7-9-21(20)17-34/h4,6-10,19,22-25H,1-3,5,11-18H2,(H,32,36)(H,33,37)(H,39,40)/t22-,23-,24+,25+,31-/m1/s1. The number of hydrogen-bond donors (Lipinski definition) is 3. The Hall–Kier alpha value is -3.89. The van der Waals surface area contributed by atoms with Crippen molar-refractivity contribution in [1.82, 2.24) is 20.4 Å². The monoisotopic (exact) mass is 578 g/mol. The quantitative estimate of drug-likeness (QED) is 0.466. The van der Waals surface area contributed by atoms with Gasteiger partial charge in [0.1, 0.15) is 23.7 Å². The largest absolute Gasteiger partial charge is 0.479 e. The van der Waals surface area contributed by atoms with Gasteiger partial charge in [-0.25, -0.2) is 9.59 Å². The molecule has 4 amide bonds. The fraction of sp³-hybridized carbons (Fsp3) is 0.581. The van der Waals surface area contributed by atoms with Crippen molar-refractivity contribution in [3.05, 3.63) is 47.5 Å². The molecule has 3 N–H and O–H groups in total. The molecular formula is C31H38N4O7. The van der Waals surface area contributed by atoms with Crippen LogP contribution in [0.15, 0.2) is 36.4 Å². The Morgan fingerprint density at radius 3 is 2.45 bits per heavy atom. The minimum Gasteiger partial charge on any atom is -0.479 e. The maximum Gasteiger partial charge on any atom is 0.410 e. The number of benzene rings is 1. The Morgan fingerprint density at radius 1 is 1.02 bits per heavy atom. The van der Waals surface area contributed by atoms with Gasteiger partial charge in [0.25, 0.3) is 0 Å². The second kappa shape index (κ2) is 11.4. The molecule has 1 saturated heterocycles. The Kier molecular flexibility index (Phi) is 7.67. The molecule has 2 aliphatic carbocycles. The van der Waals surface area contributed by atoms with E-state index in [4.69, 9.17) is 4.74 Å². The van der Waals surface area contributed by atoms with E-state index in [1.807, 2.05) is 36.4 Å². The maximum atomic E-state index is 14.0. The lowest BCUT2D eigenvalue weighted by Crippen LogP contribution is -2.56. The van der Waals surface area contributed by atoms with E-state index in [0.29, 0.717) is 19.5 Å². The second-order valence-corrected chi connectivity index (χ2v) is 12.4. The third-order valence-corrected chi connectivity index (χ3v) is 9.25. The van der Waals surface area contributed by atoms with E-state index >= 15 is 0 Å². The summed E-state index contributed by atoms with van der Waals surface area (Å²) >= 11 is 0. The molecule has 11 nitrogen and oxygen atoms in total. The molecule has 1 aromatic carbocycles. The molecule has 3 aliphatic heterocycles. The van der Waals surface area contributed by atoms with E-state index < -0.39 is 47.6 Å². The SMILES string of the molecule is O=C(N[C@H]1CCCCCC=C[C@@H]2C[C@@]2(C(=O)O)NC(=O)[C@@H]2C[C@@H](OC(=O)N3Cc4ccccc4C3)CN2C1=O)C1CC1. The van der Waals surface area contributed by atoms with Gasteiger partial charge >= 0.3 is 12.1 Å². The normalized spacial score (nSPS) is 31.1. The number of allylic oxidation sites excluding steroid dienone is 1. The Labute approximate surface area is 244 Å². The zero-order chi connectivity index (χ0) is 29.4. The molecule has 3 fully saturated rings. The van der Waals surface area contributed by atoms with E-state index in [9.17, 15) is 29.1 Å². The van der Waals surface area contributed by atoms with Crippen LogP contribution >= 0.6 is 0 Å². The summed E-state index contributed by atoms with van der Waals surface area (Å²) in [6, 6.07) is 5.93. The summed E-state index contributed by atoms with van der Waals surface area (Å²) in [5.41, 5.74) is 0.673. The number of rotatable bonds is 4. The van der Waals surface area contributed by atoms with Gasteiger partial charge in [0, 0.05) is 31.3 Å². The van der Waals surface area contributed by atoms with Crippen molar-refractivity contribution in [2.75, 3.05) is 6.54 Å². The van der Waals surface area contributed by atoms with Crippen LogP contribution in [0.4, 0.5) is 4.79 Å². The first-order valence-electron chi connectivity index (χ1n) is 15.1. The minimum atomic E-state index is -1.42. The highest BCUT2D eigenvalue weighted by molar-refractivity contribution is 5.96. The lowest BCUT2D eigenvalue weighted by atomic mass is 10.0. The summed E-state index contributed by atoms with van der Waals surface area (Å²) in [5, 5.41) is 15.7. The summed E-state index contributed by atoms with van der Waals surface area (Å²) in [7, 11) is 0. The predicted octanol–water partition coefficient (Wildman–Crippen LogP) is 2.48. The van der Waals surface area contributed by atoms with Crippen LogP contribution in [0.3, 0.4) is 0 Å². The highest BCUT2D eigenvalue weighted by Crippen LogP contribution is 2.45. The van der Waals surface area contributed by atoms with Gasteiger partial charge < -0.3 is 25.4 Å². The van der Waals surface area contributed by atoms with Crippen LogP contribution in [0.5, 0.6) is 0 Å². The van der Waals surface area contributed by atoms with Gasteiger partial charge in [-0.1, -0.05) is 49.3 Å². The lowest BCUT2D eigenvalue weighted by Gasteiger charge is -2.29. The number of hydrogen-bond acceptors (Lipinski definition) is 6. The molecule has 3 heterocycles. The van der Waals surface area contributed by atoms with Crippen molar-refractivity contribution < 1.29 is 33.8 Å². The molecule has 2 saturated carbocycles. The first kappa shape index (κ1) is 28.2. The number of carbonyl (C=O) groups excluding carboxylic acids is 4. The number of carbonyl (C=O) groups is 5. The molecule has 5 atom stereocenters. The molecule has 6 rings (SSSR count). The van der Waals surface area contributed by atoms with Gasteiger partial charge in [-0.05, 0) is 49.7 Å². The number of carboxylic acid groups (broad SMARTS) is 1. The molecule has 1 aromatic rings. The van der Waals surface area contributed by atoms with Gasteiger partial charge in [0.2, 0.25) is 17.7 Å². The fourth-order valence-corrected chi connectivity index (χ4v) is 6.46. The van der Waals surface area contributed by atoms with Crippen molar-refractivity contribution in [3.63, 3.8) is 0 Å². The topological polar surface area (TPSA) is 145 Å². The van der Waals surface area contributed by atoms with Gasteiger partial charge in [-0.3, -0.25) is 19.3 Å². The lowest BCUT2D eigenvalue weighted by molar-refractivity contribution is -0.146. The minimum absolute atomic E-state index is 0.0113. The number of nitrogens with zero attached hydrogens (tertiary/aromatic N) is 2. The molecule has 0 aromatic heterocycles. The molecule has 0 spiro atoms. The number of ether oxygens (including phenoxy) is 1. The third kappa shape index (κ3) is 5.73. The molecule has 11 heteroatoms. The Bertz CT molecular complexity index is 1280. The summed E-state index contributed by atoms with van der Waals surface area (Å²) < 4.78 is 5.84. The molecular weight excluding hydrogens is 540 g/mol. The van der Waals surface area contributed by atoms with Crippen LogP contribution in [0, 0.1) is 11.8 Å². The summed E-state index contributed by atoms with van der Waals surface area (Å²) in [6.45, 7) is 0.821. The number of carboxylic acids is 1. The first-order chi connectivity index (χ1) is 20.2. The summed E-state index contributed by atoms with van der Waals surface area (Å²) in [4.78, 5) is 68.7. The van der Waals surface area contributed by atoms with Gasteiger partial charge in [0.15, 0.2) is 0 Å². The average molecular weight is 579 g/mol. The first-order valence-corrected chi connectivity index (χ1v) is 15.1. The second-order valence-electron chi connectivity index (χ2n) is 12.4. The van der Waals surface area contributed by atoms with Crippen molar-refractivity contribution in [1.29, 1.82) is 0 Å². The van der Waals surface area contributed by atoms with Crippen LogP contribution in [0.2, 0.25) is 0 Å². The number of nitrogens with one attached hydrogen (secondary N) is 2. The van der Waals surface area contributed by atoms with Gasteiger partial charge in [-0.15, -0.1) is 0 Å². The summed E-state index contributed by atoms with van der Waals surface area (Å²) in [5.74, 6) is -2.67. The van der Waals surface area contributed by atoms with Crippen molar-refractivity contribution in [2.45, 2.75) is 94.6 Å². The number of aliphatic carboxylic acids is 1.